The molecule has 3 aliphatic rings. The van der Waals surface area contributed by atoms with Gasteiger partial charge in [0, 0.05) is 19.3 Å². The van der Waals surface area contributed by atoms with Crippen LogP contribution < -0.4 is 37.6 Å². The molecule has 12 N–H and O–H groups in total. The summed E-state index contributed by atoms with van der Waals surface area (Å²) in [6.45, 7) is 14.9. The Morgan fingerprint density at radius 3 is 1.88 bits per heavy atom. The Labute approximate surface area is 423 Å². The van der Waals surface area contributed by atoms with E-state index in [1.165, 1.54) is 14.0 Å². The molecule has 6 amide bonds. The van der Waals surface area contributed by atoms with E-state index in [1.807, 2.05) is 0 Å². The first-order valence-corrected chi connectivity index (χ1v) is 23.8. The van der Waals surface area contributed by atoms with E-state index in [4.69, 9.17) is 48.4 Å². The smallest absolute Gasteiger partial charge is 0.408 e. The molecular weight excluding hydrogens is 967 g/mol. The molecule has 1 aromatic rings. The lowest BCUT2D eigenvalue weighted by Gasteiger charge is -2.49. The van der Waals surface area contributed by atoms with Crippen molar-refractivity contribution >= 4 is 42.1 Å². The van der Waals surface area contributed by atoms with Crippen LogP contribution in [0, 0.1) is 0 Å². The number of aliphatic hydroxyl groups is 4. The number of hydrogen-bond donors (Lipinski definition) is 11. The Kier molecular flexibility index (Phi) is 20.7. The topological polar surface area (TPSA) is 365 Å². The summed E-state index contributed by atoms with van der Waals surface area (Å²) < 4.78 is 51.6. The summed E-state index contributed by atoms with van der Waals surface area (Å²) in [7, 11) is 1.25. The highest BCUT2D eigenvalue weighted by atomic mass is 16.7. The molecule has 0 radical (unpaired) electrons. The molecule has 1 unspecified atom stereocenters. The number of carbonyl (C=O) groups excluding carboxylic acids is 6. The first kappa shape index (κ1) is 59.7. The molecule has 1 saturated carbocycles. The molecule has 73 heavy (non-hydrogen) atoms. The number of anilines is 1. The summed E-state index contributed by atoms with van der Waals surface area (Å²) in [5.74, 6) is -0.896. The Balaban J connectivity index is 1.70. The molecule has 12 atom stereocenters. The Morgan fingerprint density at radius 2 is 1.30 bits per heavy atom. The first-order chi connectivity index (χ1) is 33.8. The van der Waals surface area contributed by atoms with Crippen molar-refractivity contribution in [2.75, 3.05) is 32.5 Å². The van der Waals surface area contributed by atoms with Gasteiger partial charge in [-0.25, -0.2) is 24.0 Å². The Bertz CT molecular complexity index is 2070. The van der Waals surface area contributed by atoms with Crippen LogP contribution in [0.15, 0.2) is 36.1 Å². The third-order valence-corrected chi connectivity index (χ3v) is 10.8. The second-order valence-corrected chi connectivity index (χ2v) is 20.9. The minimum atomic E-state index is -1.97. The Morgan fingerprint density at radius 1 is 0.753 bits per heavy atom. The van der Waals surface area contributed by atoms with Crippen molar-refractivity contribution in [3.8, 4) is 0 Å². The van der Waals surface area contributed by atoms with Crippen LogP contribution in [-0.4, -0.2) is 173 Å². The van der Waals surface area contributed by atoms with Crippen LogP contribution in [0.2, 0.25) is 0 Å². The van der Waals surface area contributed by atoms with Gasteiger partial charge in [0.2, 0.25) is 12.2 Å². The van der Waals surface area contributed by atoms with Crippen LogP contribution in [0.5, 0.6) is 0 Å². The zero-order valence-electron chi connectivity index (χ0n) is 43.2. The van der Waals surface area contributed by atoms with Gasteiger partial charge in [0.1, 0.15) is 65.3 Å². The van der Waals surface area contributed by atoms with Gasteiger partial charge < -0.3 is 101 Å². The quantitative estimate of drug-likeness (QED) is 0.0823. The average Bonchev–Trinajstić information content (AvgIpc) is 3.26. The summed E-state index contributed by atoms with van der Waals surface area (Å²) >= 11 is 0. The number of amides is 6. The second kappa shape index (κ2) is 25.4. The first-order valence-electron chi connectivity index (χ1n) is 23.8. The fourth-order valence-electron chi connectivity index (χ4n) is 7.52. The molecule has 26 nitrogen and oxygen atoms in total. The summed E-state index contributed by atoms with van der Waals surface area (Å²) in [6, 6.07) is 2.90. The minimum absolute atomic E-state index is 0.00241. The fraction of sp³-hybridized carbons (Fsp3) is 0.702. The van der Waals surface area contributed by atoms with Gasteiger partial charge in [-0.3, -0.25) is 4.79 Å². The van der Waals surface area contributed by atoms with Crippen molar-refractivity contribution in [2.24, 2.45) is 0 Å². The standard InChI is InChI=1S/C47H75N7O19/c1-44(2,3)71-41(61)50-19-18-30(55)36(58)52-28-20-29(54-43(63)73-46(7,8)9)34(31(56)33(28)69-38-32(57)35(70-39(59)49-11)47(10,64)23-66-38)68-37-27(53-42(62)72-45(4,5)6)17-16-26(67-37)21-51-40(60)65-22-24-12-14-25(48)15-13-24/h12-16,27-35,37-38,55-57,64H,17-23,48H2,1-11H3,(H,49,59)(H,50,61)(H,51,60)(H,52,58)(H,53,62)(H,54,63)/t27-,28-,29+,30?,31-,32-,33+,34-,35-,37-,38-,47-/m1/s1. The lowest BCUT2D eigenvalue weighted by atomic mass is 9.83. The van der Waals surface area contributed by atoms with E-state index in [-0.39, 0.29) is 44.7 Å². The highest BCUT2D eigenvalue weighted by Gasteiger charge is 2.54. The third-order valence-electron chi connectivity index (χ3n) is 10.8. The van der Waals surface area contributed by atoms with Crippen molar-refractivity contribution < 1.29 is 91.8 Å². The summed E-state index contributed by atoms with van der Waals surface area (Å²) in [4.78, 5) is 78.0. The Hall–Kier alpha value is -5.90. The van der Waals surface area contributed by atoms with E-state index in [2.05, 4.69) is 31.9 Å². The van der Waals surface area contributed by atoms with Gasteiger partial charge in [-0.05, 0) is 112 Å². The molecule has 1 saturated heterocycles. The van der Waals surface area contributed by atoms with E-state index >= 15 is 0 Å². The maximum atomic E-state index is 13.8. The number of carbonyl (C=O) groups is 6. The van der Waals surface area contributed by atoms with E-state index in [1.54, 1.807) is 92.7 Å². The molecule has 0 spiro atoms. The summed E-state index contributed by atoms with van der Waals surface area (Å²) in [6.07, 6.45) is -17.6. The van der Waals surface area contributed by atoms with Gasteiger partial charge in [0.05, 0.1) is 31.3 Å². The largest absolute Gasteiger partial charge is 0.465 e. The van der Waals surface area contributed by atoms with Crippen LogP contribution in [0.4, 0.5) is 29.7 Å². The van der Waals surface area contributed by atoms with Crippen molar-refractivity contribution in [2.45, 2.75) is 185 Å². The molecular formula is C47H75N7O19. The summed E-state index contributed by atoms with van der Waals surface area (Å²) in [5, 5.41) is 61.4. The number of aliphatic hydroxyl groups excluding tert-OH is 3. The number of nitrogens with one attached hydrogen (secondary N) is 6. The second-order valence-electron chi connectivity index (χ2n) is 20.9. The number of rotatable bonds is 16. The van der Waals surface area contributed by atoms with Crippen LogP contribution in [-0.2, 0) is 54.0 Å². The number of benzene rings is 1. The number of nitrogens with two attached hydrogens (primary N) is 1. The summed E-state index contributed by atoms with van der Waals surface area (Å²) in [5.41, 5.74) is 2.19. The molecule has 0 bridgehead atoms. The maximum absolute atomic E-state index is 13.8. The number of hydrogen-bond acceptors (Lipinski definition) is 20. The molecule has 26 heteroatoms. The fourth-order valence-corrected chi connectivity index (χ4v) is 7.52. The maximum Gasteiger partial charge on any atom is 0.408 e. The SMILES string of the molecule is CNC(=O)O[C@@H]1[C@@H](O)[C@@H](O[C@@H]2[C@@H](O)[C@H](O[C@H]3OC(CNC(=O)OCc4ccc(N)cc4)=CC[C@H]3NC(=O)OC(C)(C)C)[C@@H](NC(=O)OC(C)(C)C)C[C@H]2NC(=O)C(O)CCNC(=O)OC(C)(C)C)OC[C@@]1(C)O. The molecule has 4 rings (SSSR count). The van der Waals surface area contributed by atoms with Gasteiger partial charge in [0.25, 0.3) is 0 Å². The normalized spacial score (nSPS) is 27.8. The third kappa shape index (κ3) is 19.5. The van der Waals surface area contributed by atoms with Gasteiger partial charge in [-0.2, -0.15) is 0 Å². The predicted molar refractivity (Wildman–Crippen MR) is 256 cm³/mol. The predicted octanol–water partition coefficient (Wildman–Crippen LogP) is 1.40. The highest BCUT2D eigenvalue weighted by molar-refractivity contribution is 5.81. The lowest BCUT2D eigenvalue weighted by molar-refractivity contribution is -0.321. The van der Waals surface area contributed by atoms with Crippen LogP contribution >= 0.6 is 0 Å². The molecule has 1 aliphatic carbocycles. The number of ether oxygens (including phenoxy) is 9. The van der Waals surface area contributed by atoms with Crippen molar-refractivity contribution in [3.63, 3.8) is 0 Å². The van der Waals surface area contributed by atoms with Crippen molar-refractivity contribution in [3.05, 3.63) is 41.7 Å². The van der Waals surface area contributed by atoms with Gasteiger partial charge in [-0.1, -0.05) is 12.1 Å². The van der Waals surface area contributed by atoms with E-state index in [9.17, 15) is 49.2 Å². The number of nitrogen functional groups attached to an aromatic ring is 1. The van der Waals surface area contributed by atoms with Crippen molar-refractivity contribution in [1.29, 1.82) is 0 Å². The molecule has 0 aromatic heterocycles. The monoisotopic (exact) mass is 1040 g/mol. The molecule has 412 valence electrons. The van der Waals surface area contributed by atoms with Crippen LogP contribution in [0.3, 0.4) is 0 Å². The lowest BCUT2D eigenvalue weighted by Crippen LogP contribution is -2.69. The number of alkyl carbamates (subject to hydrolysis) is 5. The minimum Gasteiger partial charge on any atom is -0.465 e. The molecule has 2 fully saturated rings. The van der Waals surface area contributed by atoms with Gasteiger partial charge in [-0.15, -0.1) is 0 Å². The van der Waals surface area contributed by atoms with Gasteiger partial charge >= 0.3 is 30.5 Å². The molecule has 2 heterocycles. The van der Waals surface area contributed by atoms with Gasteiger partial charge in [0.15, 0.2) is 12.4 Å². The van der Waals surface area contributed by atoms with Crippen LogP contribution in [0.25, 0.3) is 0 Å². The zero-order chi connectivity index (χ0) is 54.6. The van der Waals surface area contributed by atoms with E-state index in [0.717, 1.165) is 0 Å². The van der Waals surface area contributed by atoms with E-state index in [0.29, 0.717) is 11.3 Å². The van der Waals surface area contributed by atoms with E-state index < -0.39 is 133 Å². The average molecular weight is 1040 g/mol. The zero-order valence-corrected chi connectivity index (χ0v) is 43.2. The highest BCUT2D eigenvalue weighted by Crippen LogP contribution is 2.34. The van der Waals surface area contributed by atoms with Crippen molar-refractivity contribution in [1.82, 2.24) is 31.9 Å². The molecule has 1 aromatic carbocycles. The van der Waals surface area contributed by atoms with Crippen LogP contribution in [0.1, 0.15) is 94.1 Å². The molecule has 2 aliphatic heterocycles.